The number of nitrogens with zero attached hydrogens (tertiary/aromatic N) is 3. The highest BCUT2D eigenvalue weighted by Crippen LogP contribution is 2.31. The van der Waals surface area contributed by atoms with E-state index in [1.54, 1.807) is 6.07 Å². The van der Waals surface area contributed by atoms with E-state index in [1.807, 2.05) is 18.7 Å². The Labute approximate surface area is 99.6 Å². The lowest BCUT2D eigenvalue weighted by atomic mass is 10.1. The molecule has 2 N–H and O–H groups in total. The Morgan fingerprint density at radius 3 is 2.82 bits per heavy atom. The molecule has 2 atom stereocenters. The summed E-state index contributed by atoms with van der Waals surface area (Å²) in [6, 6.07) is 3.30. The van der Waals surface area contributed by atoms with Crippen LogP contribution in [-0.4, -0.2) is 28.5 Å². The second-order valence-corrected chi connectivity index (χ2v) is 4.44. The first kappa shape index (κ1) is 11.8. The van der Waals surface area contributed by atoms with Crippen LogP contribution in [0, 0.1) is 17.0 Å². The number of rotatable bonds is 2. The van der Waals surface area contributed by atoms with Crippen LogP contribution in [0.5, 0.6) is 0 Å². The summed E-state index contributed by atoms with van der Waals surface area (Å²) < 4.78 is 0. The largest absolute Gasteiger partial charge is 0.347 e. The number of nitro groups is 1. The van der Waals surface area contributed by atoms with Gasteiger partial charge in [-0.15, -0.1) is 0 Å². The van der Waals surface area contributed by atoms with Crippen LogP contribution >= 0.6 is 0 Å². The second kappa shape index (κ2) is 4.29. The number of pyridine rings is 1. The van der Waals surface area contributed by atoms with Crippen LogP contribution in [0.2, 0.25) is 0 Å². The molecule has 2 heterocycles. The van der Waals surface area contributed by atoms with Gasteiger partial charge in [0.2, 0.25) is 5.82 Å². The summed E-state index contributed by atoms with van der Waals surface area (Å²) in [7, 11) is 0. The number of hydrogen-bond donors (Lipinski definition) is 1. The van der Waals surface area contributed by atoms with Crippen molar-refractivity contribution < 1.29 is 4.92 Å². The molecule has 0 aromatic carbocycles. The maximum absolute atomic E-state index is 11.0. The van der Waals surface area contributed by atoms with Crippen LogP contribution in [0.3, 0.4) is 0 Å². The third-order valence-electron chi connectivity index (χ3n) is 3.28. The molecule has 0 radical (unpaired) electrons. The lowest BCUT2D eigenvalue weighted by Gasteiger charge is -2.24. The van der Waals surface area contributed by atoms with Crippen molar-refractivity contribution in [1.29, 1.82) is 0 Å². The van der Waals surface area contributed by atoms with Gasteiger partial charge in [0.1, 0.15) is 0 Å². The average molecular weight is 236 g/mol. The minimum Gasteiger partial charge on any atom is -0.347 e. The molecule has 2 unspecified atom stereocenters. The quantitative estimate of drug-likeness (QED) is 0.616. The molecule has 1 saturated heterocycles. The van der Waals surface area contributed by atoms with Crippen molar-refractivity contribution in [3.05, 3.63) is 27.9 Å². The van der Waals surface area contributed by atoms with E-state index in [2.05, 4.69) is 4.98 Å². The molecule has 0 spiro atoms. The molecule has 1 aromatic heterocycles. The van der Waals surface area contributed by atoms with Crippen molar-refractivity contribution in [2.75, 3.05) is 11.4 Å². The number of nitrogens with two attached hydrogens (primary N) is 1. The van der Waals surface area contributed by atoms with Gasteiger partial charge in [-0.3, -0.25) is 10.1 Å². The van der Waals surface area contributed by atoms with Gasteiger partial charge in [-0.05, 0) is 26.3 Å². The molecule has 2 rings (SSSR count). The molecular formula is C11H16N4O2. The van der Waals surface area contributed by atoms with Crippen LogP contribution in [0.15, 0.2) is 12.1 Å². The van der Waals surface area contributed by atoms with Crippen LogP contribution in [0.1, 0.15) is 19.0 Å². The molecule has 17 heavy (non-hydrogen) atoms. The van der Waals surface area contributed by atoms with Crippen LogP contribution in [0.4, 0.5) is 11.5 Å². The maximum Gasteiger partial charge on any atom is 0.311 e. The summed E-state index contributed by atoms with van der Waals surface area (Å²) in [4.78, 5) is 16.8. The van der Waals surface area contributed by atoms with E-state index in [-0.39, 0.29) is 17.8 Å². The van der Waals surface area contributed by atoms with E-state index >= 15 is 0 Å². The monoisotopic (exact) mass is 236 g/mol. The Bertz CT molecular complexity index is 449. The zero-order chi connectivity index (χ0) is 12.6. The van der Waals surface area contributed by atoms with Crippen molar-refractivity contribution in [2.45, 2.75) is 32.4 Å². The zero-order valence-corrected chi connectivity index (χ0v) is 9.96. The summed E-state index contributed by atoms with van der Waals surface area (Å²) in [6.45, 7) is 4.53. The van der Waals surface area contributed by atoms with Gasteiger partial charge in [-0.25, -0.2) is 4.98 Å². The Balaban J connectivity index is 2.43. The lowest BCUT2D eigenvalue weighted by Crippen LogP contribution is -2.37. The Hall–Kier alpha value is -1.69. The highest BCUT2D eigenvalue weighted by atomic mass is 16.6. The van der Waals surface area contributed by atoms with Crippen molar-refractivity contribution in [2.24, 2.45) is 5.73 Å². The van der Waals surface area contributed by atoms with E-state index in [9.17, 15) is 10.1 Å². The van der Waals surface area contributed by atoms with Crippen LogP contribution < -0.4 is 10.6 Å². The Kier molecular flexibility index (Phi) is 2.97. The fourth-order valence-electron chi connectivity index (χ4n) is 2.15. The number of hydrogen-bond acceptors (Lipinski definition) is 5. The predicted octanol–water partition coefficient (Wildman–Crippen LogP) is 1.22. The maximum atomic E-state index is 11.0. The van der Waals surface area contributed by atoms with Gasteiger partial charge in [0.15, 0.2) is 0 Å². The molecule has 1 aliphatic heterocycles. The molecule has 92 valence electrons. The summed E-state index contributed by atoms with van der Waals surface area (Å²) >= 11 is 0. The molecule has 6 heteroatoms. The number of aryl methyl sites for hydroxylation is 1. The summed E-state index contributed by atoms with van der Waals surface area (Å²) in [6.07, 6.45) is 0.841. The molecule has 1 aromatic rings. The Morgan fingerprint density at radius 1 is 1.59 bits per heavy atom. The van der Waals surface area contributed by atoms with E-state index in [4.69, 9.17) is 5.73 Å². The second-order valence-electron chi connectivity index (χ2n) is 4.44. The fourth-order valence-corrected chi connectivity index (χ4v) is 2.15. The first-order valence-corrected chi connectivity index (χ1v) is 5.65. The minimum atomic E-state index is -0.391. The van der Waals surface area contributed by atoms with Gasteiger partial charge < -0.3 is 10.6 Å². The highest BCUT2D eigenvalue weighted by Gasteiger charge is 2.33. The normalized spacial score (nSPS) is 24.1. The van der Waals surface area contributed by atoms with Gasteiger partial charge in [0.25, 0.3) is 0 Å². The van der Waals surface area contributed by atoms with Crippen LogP contribution in [0.25, 0.3) is 0 Å². The van der Waals surface area contributed by atoms with Gasteiger partial charge in [-0.1, -0.05) is 0 Å². The zero-order valence-electron chi connectivity index (χ0n) is 9.96. The topological polar surface area (TPSA) is 85.3 Å². The van der Waals surface area contributed by atoms with Crippen molar-refractivity contribution >= 4 is 11.5 Å². The standard InChI is InChI=1S/C11H16N4O2/c1-7-3-4-10(15(16)17)11(13-7)14-6-5-9(12)8(14)2/h3-4,8-9H,5-6,12H2,1-2H3. The fraction of sp³-hybridized carbons (Fsp3) is 0.545. The molecule has 1 fully saturated rings. The summed E-state index contributed by atoms with van der Waals surface area (Å²) in [5.41, 5.74) is 6.76. The molecule has 0 aliphatic carbocycles. The molecule has 1 aliphatic rings. The van der Waals surface area contributed by atoms with Gasteiger partial charge in [0, 0.05) is 30.4 Å². The molecule has 0 saturated carbocycles. The van der Waals surface area contributed by atoms with Crippen molar-refractivity contribution in [3.8, 4) is 0 Å². The number of aromatic nitrogens is 1. The number of anilines is 1. The van der Waals surface area contributed by atoms with E-state index in [0.29, 0.717) is 5.82 Å². The van der Waals surface area contributed by atoms with E-state index in [0.717, 1.165) is 18.7 Å². The summed E-state index contributed by atoms with van der Waals surface area (Å²) in [5.74, 6) is 0.440. The molecule has 6 nitrogen and oxygen atoms in total. The lowest BCUT2D eigenvalue weighted by molar-refractivity contribution is -0.384. The highest BCUT2D eigenvalue weighted by molar-refractivity contribution is 5.59. The third-order valence-corrected chi connectivity index (χ3v) is 3.28. The Morgan fingerprint density at radius 2 is 2.29 bits per heavy atom. The SMILES string of the molecule is Cc1ccc([N+](=O)[O-])c(N2CCC(N)C2C)n1. The van der Waals surface area contributed by atoms with Gasteiger partial charge in [0.05, 0.1) is 4.92 Å². The van der Waals surface area contributed by atoms with Crippen LogP contribution in [-0.2, 0) is 0 Å². The van der Waals surface area contributed by atoms with Gasteiger partial charge in [-0.2, -0.15) is 0 Å². The molecule has 0 bridgehead atoms. The van der Waals surface area contributed by atoms with Crippen molar-refractivity contribution in [1.82, 2.24) is 4.98 Å². The predicted molar refractivity (Wildman–Crippen MR) is 65.0 cm³/mol. The van der Waals surface area contributed by atoms with Gasteiger partial charge >= 0.3 is 5.69 Å². The first-order chi connectivity index (χ1) is 8.00. The molecule has 0 amide bonds. The minimum absolute atomic E-state index is 0.0524. The molecular weight excluding hydrogens is 220 g/mol. The van der Waals surface area contributed by atoms with Crippen molar-refractivity contribution in [3.63, 3.8) is 0 Å². The van der Waals surface area contributed by atoms with E-state index in [1.165, 1.54) is 6.07 Å². The summed E-state index contributed by atoms with van der Waals surface area (Å²) in [5, 5.41) is 11.0. The smallest absolute Gasteiger partial charge is 0.311 e. The average Bonchev–Trinajstić information content (AvgIpc) is 2.59. The third kappa shape index (κ3) is 2.08. The van der Waals surface area contributed by atoms with E-state index < -0.39 is 4.92 Å². The first-order valence-electron chi connectivity index (χ1n) is 5.65.